The van der Waals surface area contributed by atoms with Crippen molar-refractivity contribution in [2.45, 2.75) is 32.6 Å². The van der Waals surface area contributed by atoms with Gasteiger partial charge in [0.2, 0.25) is 0 Å². The summed E-state index contributed by atoms with van der Waals surface area (Å²) in [6, 6.07) is 24.0. The van der Waals surface area contributed by atoms with Crippen molar-refractivity contribution < 1.29 is 0 Å². The Morgan fingerprint density at radius 3 is 1.51 bits per heavy atom. The first kappa shape index (κ1) is 22.5. The minimum atomic E-state index is -0.00330. The Labute approximate surface area is 204 Å². The minimum absolute atomic E-state index is 0.00330. The van der Waals surface area contributed by atoms with Crippen molar-refractivity contribution in [2.75, 3.05) is 0 Å². The molecule has 174 valence electrons. The molecule has 0 amide bonds. The Bertz CT molecular complexity index is 1370. The predicted octanol–water partition coefficient (Wildman–Crippen LogP) is 4.31. The van der Waals surface area contributed by atoms with Gasteiger partial charge in [-0.1, -0.05) is 24.3 Å². The second kappa shape index (κ2) is 9.89. The van der Waals surface area contributed by atoms with Gasteiger partial charge in [0.05, 0.1) is 22.8 Å². The van der Waals surface area contributed by atoms with Crippen LogP contribution in [0.5, 0.6) is 0 Å². The molecule has 0 saturated heterocycles. The summed E-state index contributed by atoms with van der Waals surface area (Å²) in [5.41, 5.74) is 7.27. The second-order valence-corrected chi connectivity index (χ2v) is 8.62. The van der Waals surface area contributed by atoms with Crippen molar-refractivity contribution >= 4 is 0 Å². The molecule has 0 aromatic carbocycles. The summed E-state index contributed by atoms with van der Waals surface area (Å²) < 4.78 is 1.72. The predicted molar refractivity (Wildman–Crippen MR) is 133 cm³/mol. The summed E-state index contributed by atoms with van der Waals surface area (Å²) in [6.45, 7) is 3.97. The van der Waals surface area contributed by atoms with E-state index < -0.39 is 0 Å². The summed E-state index contributed by atoms with van der Waals surface area (Å²) in [7, 11) is 1.86. The lowest BCUT2D eigenvalue weighted by molar-refractivity contribution is 0.569. The van der Waals surface area contributed by atoms with Crippen LogP contribution in [-0.4, -0.2) is 40.1 Å². The third-order valence-corrected chi connectivity index (χ3v) is 5.84. The van der Waals surface area contributed by atoms with Gasteiger partial charge in [0, 0.05) is 48.6 Å². The van der Waals surface area contributed by atoms with E-state index in [0.29, 0.717) is 12.8 Å². The van der Waals surface area contributed by atoms with Crippen LogP contribution in [0.2, 0.25) is 0 Å². The Balaban J connectivity index is 1.45. The van der Waals surface area contributed by atoms with Crippen LogP contribution in [0.15, 0.2) is 72.8 Å². The van der Waals surface area contributed by atoms with Gasteiger partial charge in [-0.15, -0.1) is 5.10 Å². The van der Waals surface area contributed by atoms with E-state index >= 15 is 0 Å². The number of hydrogen-bond acceptors (Lipinski definition) is 7. The quantitative estimate of drug-likeness (QED) is 0.356. The van der Waals surface area contributed by atoms with Crippen LogP contribution < -0.4 is 0 Å². The molecular weight excluding hydrogens is 436 g/mol. The molecule has 0 radical (unpaired) electrons. The Kier molecular flexibility index (Phi) is 6.34. The second-order valence-electron chi connectivity index (χ2n) is 8.62. The fraction of sp³-hybridized carbons (Fsp3) is 0.222. The van der Waals surface area contributed by atoms with Crippen LogP contribution >= 0.6 is 0 Å². The van der Waals surface area contributed by atoms with Crippen LogP contribution in [0.25, 0.3) is 22.8 Å². The van der Waals surface area contributed by atoms with E-state index in [4.69, 9.17) is 9.97 Å². The molecular formula is C27H26N8. The first-order valence-electron chi connectivity index (χ1n) is 11.6. The van der Waals surface area contributed by atoms with Gasteiger partial charge in [-0.2, -0.15) is 0 Å². The molecule has 5 aromatic heterocycles. The van der Waals surface area contributed by atoms with Gasteiger partial charge in [-0.05, 0) is 72.8 Å². The third kappa shape index (κ3) is 5.27. The smallest absolute Gasteiger partial charge is 0.154 e. The molecule has 0 aliphatic heterocycles. The lowest BCUT2D eigenvalue weighted by Crippen LogP contribution is -2.14. The molecule has 0 fully saturated rings. The van der Waals surface area contributed by atoms with E-state index in [1.807, 2.05) is 93.7 Å². The molecule has 0 saturated carbocycles. The maximum atomic E-state index is 4.91. The number of rotatable bonds is 7. The van der Waals surface area contributed by atoms with Crippen molar-refractivity contribution in [3.63, 3.8) is 0 Å². The third-order valence-electron chi connectivity index (χ3n) is 5.84. The number of hydrogen-bond donors (Lipinski definition) is 0. The maximum absolute atomic E-state index is 4.91. The molecule has 0 aliphatic carbocycles. The molecule has 8 heteroatoms. The van der Waals surface area contributed by atoms with Gasteiger partial charge < -0.3 is 0 Å². The van der Waals surface area contributed by atoms with Crippen molar-refractivity contribution in [1.82, 2.24) is 40.1 Å². The Morgan fingerprint density at radius 2 is 1.09 bits per heavy atom. The van der Waals surface area contributed by atoms with E-state index in [2.05, 4.69) is 25.5 Å². The SMILES string of the molecule is Cc1cccc(-c2cccc(CC(Cc3cccc(-c4cccc(C)n4)n3)c3nnnn3C)n2)n1. The first-order chi connectivity index (χ1) is 17.0. The van der Waals surface area contributed by atoms with Gasteiger partial charge in [0.15, 0.2) is 5.82 Å². The molecule has 0 atom stereocenters. The highest BCUT2D eigenvalue weighted by molar-refractivity contribution is 5.55. The van der Waals surface area contributed by atoms with Gasteiger partial charge in [-0.3, -0.25) is 19.9 Å². The normalized spacial score (nSPS) is 11.2. The van der Waals surface area contributed by atoms with Crippen LogP contribution in [0.3, 0.4) is 0 Å². The summed E-state index contributed by atoms with van der Waals surface area (Å²) >= 11 is 0. The molecule has 0 bridgehead atoms. The molecule has 0 aliphatic rings. The lowest BCUT2D eigenvalue weighted by Gasteiger charge is -2.16. The monoisotopic (exact) mass is 462 g/mol. The molecule has 8 nitrogen and oxygen atoms in total. The van der Waals surface area contributed by atoms with E-state index in [1.165, 1.54) is 0 Å². The van der Waals surface area contributed by atoms with Gasteiger partial charge in [0.25, 0.3) is 0 Å². The van der Waals surface area contributed by atoms with Crippen LogP contribution in [-0.2, 0) is 19.9 Å². The van der Waals surface area contributed by atoms with Gasteiger partial charge in [0.1, 0.15) is 0 Å². The summed E-state index contributed by atoms with van der Waals surface area (Å²) in [4.78, 5) is 19.1. The lowest BCUT2D eigenvalue weighted by atomic mass is 9.95. The number of nitrogens with zero attached hydrogens (tertiary/aromatic N) is 8. The molecule has 0 N–H and O–H groups in total. The molecule has 0 spiro atoms. The number of aryl methyl sites for hydroxylation is 3. The number of pyridine rings is 4. The van der Waals surface area contributed by atoms with Crippen molar-refractivity contribution in [1.29, 1.82) is 0 Å². The Hall–Kier alpha value is -4.33. The van der Waals surface area contributed by atoms with Crippen molar-refractivity contribution in [3.8, 4) is 22.8 Å². The molecule has 0 unspecified atom stereocenters. The van der Waals surface area contributed by atoms with E-state index in [-0.39, 0.29) is 5.92 Å². The average Bonchev–Trinajstić information content (AvgIpc) is 3.30. The highest BCUT2D eigenvalue weighted by Crippen LogP contribution is 2.25. The topological polar surface area (TPSA) is 95.2 Å². The highest BCUT2D eigenvalue weighted by Gasteiger charge is 2.21. The van der Waals surface area contributed by atoms with Gasteiger partial charge in [-0.25, -0.2) is 4.68 Å². The summed E-state index contributed by atoms with van der Waals surface area (Å²) in [5.74, 6) is 0.795. The fourth-order valence-electron chi connectivity index (χ4n) is 4.19. The van der Waals surface area contributed by atoms with Gasteiger partial charge >= 0.3 is 0 Å². The van der Waals surface area contributed by atoms with Crippen LogP contribution in [0.1, 0.15) is 34.5 Å². The van der Waals surface area contributed by atoms with E-state index in [1.54, 1.807) is 4.68 Å². The fourth-order valence-corrected chi connectivity index (χ4v) is 4.19. The van der Waals surface area contributed by atoms with Crippen molar-refractivity contribution in [3.05, 3.63) is 101 Å². The van der Waals surface area contributed by atoms with Crippen LogP contribution in [0, 0.1) is 13.8 Å². The zero-order chi connectivity index (χ0) is 24.2. The minimum Gasteiger partial charge on any atom is -0.251 e. The largest absolute Gasteiger partial charge is 0.251 e. The molecule has 5 rings (SSSR count). The van der Waals surface area contributed by atoms with Crippen molar-refractivity contribution in [2.24, 2.45) is 7.05 Å². The standard InChI is InChI=1S/C27H26N8/c1-18-8-4-12-23(28-18)25-14-6-10-21(30-25)16-20(27-32-33-34-35(27)3)17-22-11-7-15-26(31-22)24-13-5-9-19(2)29-24/h4-15,20H,16-17H2,1-3H3. The zero-order valence-corrected chi connectivity index (χ0v) is 20.0. The van der Waals surface area contributed by atoms with E-state index in [0.717, 1.165) is 51.4 Å². The average molecular weight is 463 g/mol. The zero-order valence-electron chi connectivity index (χ0n) is 20.0. The maximum Gasteiger partial charge on any atom is 0.154 e. The Morgan fingerprint density at radius 1 is 0.629 bits per heavy atom. The molecule has 5 heterocycles. The van der Waals surface area contributed by atoms with E-state index in [9.17, 15) is 0 Å². The first-order valence-corrected chi connectivity index (χ1v) is 11.6. The number of aromatic nitrogens is 8. The summed E-state index contributed by atoms with van der Waals surface area (Å²) in [5, 5.41) is 12.3. The molecule has 35 heavy (non-hydrogen) atoms. The summed E-state index contributed by atoms with van der Waals surface area (Å²) in [6.07, 6.45) is 1.34. The van der Waals surface area contributed by atoms with Crippen LogP contribution in [0.4, 0.5) is 0 Å². The number of tetrazole rings is 1. The highest BCUT2D eigenvalue weighted by atomic mass is 15.5. The molecule has 5 aromatic rings.